The molecule has 40 heavy (non-hydrogen) atoms. The first-order valence-electron chi connectivity index (χ1n) is 16.3. The van der Waals surface area contributed by atoms with Gasteiger partial charge in [0.1, 0.15) is 17.0 Å². The molecule has 0 aromatic rings. The minimum atomic E-state index is -1.00. The van der Waals surface area contributed by atoms with Crippen LogP contribution in [-0.2, 0) is 33.9 Å². The summed E-state index contributed by atoms with van der Waals surface area (Å²) in [6.07, 6.45) is 15.0. The lowest BCUT2D eigenvalue weighted by molar-refractivity contribution is -0.345. The van der Waals surface area contributed by atoms with E-state index in [1.807, 2.05) is 34.6 Å². The highest BCUT2D eigenvalue weighted by Crippen LogP contribution is 2.30. The molecule has 3 atom stereocenters. The summed E-state index contributed by atoms with van der Waals surface area (Å²) in [5.41, 5.74) is -1.81. The molecule has 0 aliphatic rings. The van der Waals surface area contributed by atoms with Crippen LogP contribution in [0.5, 0.6) is 0 Å². The van der Waals surface area contributed by atoms with Crippen LogP contribution in [0.25, 0.3) is 0 Å². The first-order valence-corrected chi connectivity index (χ1v) is 16.3. The Morgan fingerprint density at radius 2 is 1.07 bits per heavy atom. The van der Waals surface area contributed by atoms with E-state index in [9.17, 15) is 14.4 Å². The monoisotopic (exact) mass is 570 g/mol. The normalized spacial score (nSPS) is 14.8. The molecule has 0 aliphatic heterocycles. The second-order valence-electron chi connectivity index (χ2n) is 12.4. The molecule has 0 amide bonds. The summed E-state index contributed by atoms with van der Waals surface area (Å²) in [6, 6.07) is 0. The van der Waals surface area contributed by atoms with Crippen molar-refractivity contribution >= 4 is 17.7 Å². The molecule has 7 heteroatoms. The van der Waals surface area contributed by atoms with Crippen molar-refractivity contribution < 1.29 is 33.9 Å². The summed E-state index contributed by atoms with van der Waals surface area (Å²) in [4.78, 5) is 60.2. The van der Waals surface area contributed by atoms with Crippen LogP contribution in [0.2, 0.25) is 0 Å². The van der Waals surface area contributed by atoms with E-state index in [1.165, 1.54) is 19.3 Å². The number of carbonyl (C=O) groups excluding carboxylic acids is 3. The van der Waals surface area contributed by atoms with Crippen molar-refractivity contribution in [2.24, 2.45) is 11.8 Å². The highest BCUT2D eigenvalue weighted by molar-refractivity contribution is 5.79. The third kappa shape index (κ3) is 18.1. The van der Waals surface area contributed by atoms with Crippen molar-refractivity contribution in [2.45, 2.75) is 182 Å². The van der Waals surface area contributed by atoms with Crippen LogP contribution in [0.15, 0.2) is 0 Å². The summed E-state index contributed by atoms with van der Waals surface area (Å²) in [5.74, 6) is -1.03. The summed E-state index contributed by atoms with van der Waals surface area (Å²) in [7, 11) is 0. The second kappa shape index (κ2) is 22.2. The van der Waals surface area contributed by atoms with Gasteiger partial charge in [-0.1, -0.05) is 92.4 Å². The topological polar surface area (TPSA) is 88.1 Å². The van der Waals surface area contributed by atoms with Crippen molar-refractivity contribution in [2.75, 3.05) is 0 Å². The van der Waals surface area contributed by atoms with Crippen LogP contribution in [0.1, 0.15) is 171 Å². The Balaban J connectivity index is 5.20. The Morgan fingerprint density at radius 1 is 0.600 bits per heavy atom. The Morgan fingerprint density at radius 3 is 1.57 bits per heavy atom. The van der Waals surface area contributed by atoms with E-state index >= 15 is 0 Å². The van der Waals surface area contributed by atoms with Gasteiger partial charge in [0, 0.05) is 12.8 Å². The minimum Gasteiger partial charge on any atom is -0.300 e. The quantitative estimate of drug-likeness (QED) is 0.0581. The molecule has 3 unspecified atom stereocenters. The lowest BCUT2D eigenvalue weighted by atomic mass is 9.88. The van der Waals surface area contributed by atoms with E-state index in [0.717, 1.165) is 57.8 Å². The fourth-order valence-electron chi connectivity index (χ4n) is 4.68. The highest BCUT2D eigenvalue weighted by atomic mass is 17.2. The zero-order valence-electron chi connectivity index (χ0n) is 27.2. The van der Waals surface area contributed by atoms with Crippen LogP contribution >= 0.6 is 0 Å². The Hall–Kier alpha value is -1.47. The molecule has 0 rings (SSSR count). The smallest absolute Gasteiger partial charge is 0.300 e. The van der Waals surface area contributed by atoms with Crippen LogP contribution < -0.4 is 0 Å². The number of hydrogen-bond donors (Lipinski definition) is 0. The van der Waals surface area contributed by atoms with Gasteiger partial charge in [0.25, 0.3) is 0 Å². The van der Waals surface area contributed by atoms with Crippen LogP contribution in [0.4, 0.5) is 0 Å². The molecule has 0 radical (unpaired) electrons. The first kappa shape index (κ1) is 38.5. The second-order valence-corrected chi connectivity index (χ2v) is 12.4. The van der Waals surface area contributed by atoms with E-state index in [-0.39, 0.29) is 36.0 Å². The highest BCUT2D eigenvalue weighted by Gasteiger charge is 2.36. The largest absolute Gasteiger partial charge is 0.345 e. The molecular formula is C33H62O7. The maximum absolute atomic E-state index is 12.9. The number of carbonyl (C=O) groups is 3. The standard InChI is InChI=1S/C33H62O7/c1-9-14-17-18-19-20-23-29(34)26-33(8,40-38-31(36)28(13-5)22-16-11-3)25-24-32(6,7)39-37-30(35)27(12-4)21-15-10-2/h27-28H,9-26H2,1-8H3. The first-order chi connectivity index (χ1) is 19.0. The Bertz CT molecular complexity index is 690. The van der Waals surface area contributed by atoms with Gasteiger partial charge < -0.3 is 0 Å². The number of unbranched alkanes of at least 4 members (excludes halogenated alkanes) is 7. The number of ketones is 1. The van der Waals surface area contributed by atoms with Crippen molar-refractivity contribution in [3.05, 3.63) is 0 Å². The van der Waals surface area contributed by atoms with Gasteiger partial charge in [0.2, 0.25) is 0 Å². The minimum absolute atomic E-state index is 0.0962. The van der Waals surface area contributed by atoms with Gasteiger partial charge in [-0.3, -0.25) is 14.6 Å². The number of Topliss-reactive ketones (excluding diaryl/α,β-unsaturated/α-hetero) is 1. The molecule has 0 aromatic heterocycles. The van der Waals surface area contributed by atoms with Gasteiger partial charge in [0.15, 0.2) is 0 Å². The van der Waals surface area contributed by atoms with Crippen LogP contribution in [0.3, 0.4) is 0 Å². The average Bonchev–Trinajstić information content (AvgIpc) is 2.92. The van der Waals surface area contributed by atoms with Crippen molar-refractivity contribution in [1.29, 1.82) is 0 Å². The molecular weight excluding hydrogens is 508 g/mol. The van der Waals surface area contributed by atoms with E-state index in [4.69, 9.17) is 19.6 Å². The fourth-order valence-corrected chi connectivity index (χ4v) is 4.68. The molecule has 7 nitrogen and oxygen atoms in total. The van der Waals surface area contributed by atoms with Crippen LogP contribution in [-0.4, -0.2) is 28.9 Å². The number of rotatable bonds is 26. The summed E-state index contributed by atoms with van der Waals surface area (Å²) < 4.78 is 0. The summed E-state index contributed by atoms with van der Waals surface area (Å²) in [6.45, 7) is 15.8. The van der Waals surface area contributed by atoms with Gasteiger partial charge in [-0.15, -0.1) is 0 Å². The predicted octanol–water partition coefficient (Wildman–Crippen LogP) is 9.40. The van der Waals surface area contributed by atoms with E-state index < -0.39 is 11.2 Å². The molecule has 0 aliphatic carbocycles. The maximum Gasteiger partial charge on any atom is 0.345 e. The Kier molecular flexibility index (Phi) is 21.4. The molecule has 0 heterocycles. The van der Waals surface area contributed by atoms with Crippen LogP contribution in [0, 0.1) is 11.8 Å². The Labute approximate surface area is 245 Å². The molecule has 0 bridgehead atoms. The molecule has 0 aromatic carbocycles. The fraction of sp³-hybridized carbons (Fsp3) is 0.909. The lowest BCUT2D eigenvalue weighted by Gasteiger charge is -2.31. The van der Waals surface area contributed by atoms with Gasteiger partial charge in [-0.05, 0) is 65.7 Å². The third-order valence-corrected chi connectivity index (χ3v) is 7.78. The molecule has 0 saturated heterocycles. The molecule has 236 valence electrons. The van der Waals surface area contributed by atoms with Crippen molar-refractivity contribution in [3.8, 4) is 0 Å². The van der Waals surface area contributed by atoms with E-state index in [1.54, 1.807) is 0 Å². The van der Waals surface area contributed by atoms with Gasteiger partial charge in [-0.25, -0.2) is 9.59 Å². The molecule has 0 fully saturated rings. The predicted molar refractivity (Wildman–Crippen MR) is 160 cm³/mol. The zero-order valence-corrected chi connectivity index (χ0v) is 27.2. The van der Waals surface area contributed by atoms with Crippen molar-refractivity contribution in [1.82, 2.24) is 0 Å². The van der Waals surface area contributed by atoms with E-state index in [0.29, 0.717) is 32.1 Å². The summed E-state index contributed by atoms with van der Waals surface area (Å²) >= 11 is 0. The third-order valence-electron chi connectivity index (χ3n) is 7.78. The SMILES string of the molecule is CCCCCCCCC(=O)CC(C)(CCC(C)(C)OOC(=O)C(CC)CCCC)OOC(=O)C(CC)CCCC. The molecule has 0 N–H and O–H groups in total. The maximum atomic E-state index is 12.9. The number of hydrogen-bond acceptors (Lipinski definition) is 7. The van der Waals surface area contributed by atoms with E-state index in [2.05, 4.69) is 20.8 Å². The average molecular weight is 571 g/mol. The zero-order chi connectivity index (χ0) is 30.4. The molecule has 0 spiro atoms. The van der Waals surface area contributed by atoms with Gasteiger partial charge in [-0.2, -0.15) is 9.78 Å². The lowest BCUT2D eigenvalue weighted by Crippen LogP contribution is -2.37. The summed E-state index contributed by atoms with van der Waals surface area (Å²) in [5, 5.41) is 0. The molecule has 0 saturated carbocycles. The van der Waals surface area contributed by atoms with Gasteiger partial charge >= 0.3 is 11.9 Å². The van der Waals surface area contributed by atoms with Gasteiger partial charge in [0.05, 0.1) is 11.8 Å². The van der Waals surface area contributed by atoms with Crippen molar-refractivity contribution in [3.63, 3.8) is 0 Å².